The van der Waals surface area contributed by atoms with Crippen LogP contribution in [-0.4, -0.2) is 24.0 Å². The van der Waals surface area contributed by atoms with Gasteiger partial charge in [0.1, 0.15) is 20.3 Å². The van der Waals surface area contributed by atoms with Crippen LogP contribution in [0, 0.1) is 13.8 Å². The van der Waals surface area contributed by atoms with Gasteiger partial charge in [-0.3, -0.25) is 4.79 Å². The number of thiophene rings is 2. The van der Waals surface area contributed by atoms with Gasteiger partial charge in [-0.2, -0.15) is 0 Å². The Morgan fingerprint density at radius 1 is 1.19 bits per heavy atom. The third kappa shape index (κ3) is 3.96. The second kappa shape index (κ2) is 8.41. The summed E-state index contributed by atoms with van der Waals surface area (Å²) < 4.78 is 5.91. The molecule has 0 radical (unpaired) electrons. The molecule has 0 unspecified atom stereocenters. The zero-order valence-electron chi connectivity index (χ0n) is 16.9. The van der Waals surface area contributed by atoms with Crippen molar-refractivity contribution in [2.45, 2.75) is 13.8 Å². The minimum atomic E-state index is -0.521. The van der Waals surface area contributed by atoms with Gasteiger partial charge in [0.05, 0.1) is 12.8 Å². The van der Waals surface area contributed by atoms with Crippen LogP contribution in [-0.2, 0) is 4.74 Å². The molecule has 9 heteroatoms. The number of carbonyl (C=O) groups is 2. The molecule has 4 aromatic rings. The number of nitrogens with one attached hydrogen (secondary N) is 1. The van der Waals surface area contributed by atoms with Gasteiger partial charge in [0.15, 0.2) is 0 Å². The summed E-state index contributed by atoms with van der Waals surface area (Å²) in [5, 5.41) is 5.88. The van der Waals surface area contributed by atoms with Crippen molar-refractivity contribution in [2.75, 3.05) is 18.2 Å². The van der Waals surface area contributed by atoms with Crippen molar-refractivity contribution in [3.05, 3.63) is 61.9 Å². The smallest absolute Gasteiger partial charge is 0.341 e. The van der Waals surface area contributed by atoms with Crippen LogP contribution in [0.2, 0.25) is 0 Å². The Labute approximate surface area is 195 Å². The number of methoxy groups -OCH3 is 1. The van der Waals surface area contributed by atoms with E-state index < -0.39 is 5.97 Å². The molecule has 0 aliphatic carbocycles. The number of benzene rings is 1. The number of halogens is 1. The molecule has 3 N–H and O–H groups in total. The van der Waals surface area contributed by atoms with E-state index in [9.17, 15) is 9.59 Å². The summed E-state index contributed by atoms with van der Waals surface area (Å²) in [5.41, 5.74) is 10.4. The van der Waals surface area contributed by atoms with Crippen LogP contribution in [0.3, 0.4) is 0 Å². The van der Waals surface area contributed by atoms with Crippen molar-refractivity contribution in [3.63, 3.8) is 0 Å². The Bertz CT molecular complexity index is 1330. The Hall–Kier alpha value is -2.75. The molecule has 31 heavy (non-hydrogen) atoms. The first kappa shape index (κ1) is 21.5. The maximum absolute atomic E-state index is 13.1. The highest BCUT2D eigenvalue weighted by molar-refractivity contribution is 9.10. The van der Waals surface area contributed by atoms with E-state index in [2.05, 4.69) is 26.2 Å². The molecule has 1 amide bonds. The SMILES string of the molecule is COC(=O)c1c(-c2ccc(Br)cc2)csc1NC(=O)c1sc2nc(C)cc(C)c2c1N. The molecule has 0 saturated carbocycles. The Balaban J connectivity index is 1.74. The fourth-order valence-corrected chi connectivity index (χ4v) is 5.72. The number of amides is 1. The van der Waals surface area contributed by atoms with Crippen molar-refractivity contribution < 1.29 is 14.3 Å². The van der Waals surface area contributed by atoms with Gasteiger partial charge in [0.25, 0.3) is 5.91 Å². The van der Waals surface area contributed by atoms with Crippen LogP contribution in [0.4, 0.5) is 10.7 Å². The lowest BCUT2D eigenvalue weighted by Gasteiger charge is -2.08. The molecule has 0 atom stereocenters. The minimum Gasteiger partial charge on any atom is -0.465 e. The molecule has 1 aromatic carbocycles. The van der Waals surface area contributed by atoms with E-state index in [0.29, 0.717) is 26.7 Å². The summed E-state index contributed by atoms with van der Waals surface area (Å²) in [4.78, 5) is 31.2. The van der Waals surface area contributed by atoms with Crippen molar-refractivity contribution >= 4 is 71.4 Å². The number of ether oxygens (including phenoxy) is 1. The molecule has 3 aromatic heterocycles. The maximum Gasteiger partial charge on any atom is 0.341 e. The van der Waals surface area contributed by atoms with Crippen LogP contribution in [0.1, 0.15) is 31.3 Å². The van der Waals surface area contributed by atoms with Gasteiger partial charge in [0.2, 0.25) is 0 Å². The van der Waals surface area contributed by atoms with Crippen LogP contribution in [0.25, 0.3) is 21.3 Å². The number of aromatic nitrogens is 1. The molecule has 6 nitrogen and oxygen atoms in total. The second-order valence-corrected chi connectivity index (χ2v) is 9.71. The first-order chi connectivity index (χ1) is 14.8. The van der Waals surface area contributed by atoms with E-state index in [4.69, 9.17) is 10.5 Å². The Kier molecular flexibility index (Phi) is 5.83. The number of esters is 1. The highest BCUT2D eigenvalue weighted by Crippen LogP contribution is 2.39. The molecule has 3 heterocycles. The summed E-state index contributed by atoms with van der Waals surface area (Å²) in [6.45, 7) is 3.85. The van der Waals surface area contributed by atoms with E-state index >= 15 is 0 Å². The quantitative estimate of drug-likeness (QED) is 0.323. The molecular formula is C22H18BrN3O3S2. The number of anilines is 2. The summed E-state index contributed by atoms with van der Waals surface area (Å²) in [5.74, 6) is -0.904. The first-order valence-corrected chi connectivity index (χ1v) is 11.7. The molecule has 0 aliphatic heterocycles. The van der Waals surface area contributed by atoms with Gasteiger partial charge in [-0.15, -0.1) is 22.7 Å². The van der Waals surface area contributed by atoms with Gasteiger partial charge >= 0.3 is 5.97 Å². The summed E-state index contributed by atoms with van der Waals surface area (Å²) >= 11 is 5.92. The number of hydrogen-bond donors (Lipinski definition) is 2. The average molecular weight is 516 g/mol. The fraction of sp³-hybridized carbons (Fsp3) is 0.136. The minimum absolute atomic E-state index is 0.313. The number of hydrogen-bond acceptors (Lipinski definition) is 7. The van der Waals surface area contributed by atoms with E-state index in [1.54, 1.807) is 0 Å². The van der Waals surface area contributed by atoms with Gasteiger partial charge in [-0.1, -0.05) is 28.1 Å². The van der Waals surface area contributed by atoms with Crippen LogP contribution in [0.5, 0.6) is 0 Å². The zero-order valence-corrected chi connectivity index (χ0v) is 20.1. The summed E-state index contributed by atoms with van der Waals surface area (Å²) in [6, 6.07) is 9.51. The Morgan fingerprint density at radius 3 is 2.58 bits per heavy atom. The molecule has 4 rings (SSSR count). The van der Waals surface area contributed by atoms with Crippen molar-refractivity contribution in [1.29, 1.82) is 0 Å². The predicted octanol–water partition coefficient (Wildman–Crippen LogP) is 6.03. The molecule has 0 spiro atoms. The molecular weight excluding hydrogens is 498 g/mol. The van der Waals surface area contributed by atoms with Gasteiger partial charge in [-0.25, -0.2) is 9.78 Å². The van der Waals surface area contributed by atoms with Gasteiger partial charge < -0.3 is 15.8 Å². The zero-order chi connectivity index (χ0) is 22.3. The highest BCUT2D eigenvalue weighted by atomic mass is 79.9. The Morgan fingerprint density at radius 2 is 1.90 bits per heavy atom. The standard InChI is InChI=1S/C22H18BrN3O3S2/c1-10-8-11(2)25-21-15(10)17(24)18(31-21)19(27)26-20-16(22(28)29-3)14(9-30-20)12-4-6-13(23)7-5-12/h4-9H,24H2,1-3H3,(H,26,27). The van der Waals surface area contributed by atoms with E-state index in [-0.39, 0.29) is 5.91 Å². The van der Waals surface area contributed by atoms with Crippen LogP contribution >= 0.6 is 38.6 Å². The summed E-state index contributed by atoms with van der Waals surface area (Å²) in [7, 11) is 1.32. The van der Waals surface area contributed by atoms with Gasteiger partial charge in [-0.05, 0) is 43.2 Å². The number of nitrogens with zero attached hydrogens (tertiary/aromatic N) is 1. The largest absolute Gasteiger partial charge is 0.465 e. The number of pyridine rings is 1. The summed E-state index contributed by atoms with van der Waals surface area (Å²) in [6.07, 6.45) is 0. The van der Waals surface area contributed by atoms with Crippen molar-refractivity contribution in [2.24, 2.45) is 0 Å². The molecule has 0 saturated heterocycles. The van der Waals surface area contributed by atoms with E-state index in [1.165, 1.54) is 29.8 Å². The fourth-order valence-electron chi connectivity index (χ4n) is 3.39. The third-order valence-electron chi connectivity index (χ3n) is 4.79. The average Bonchev–Trinajstić information content (AvgIpc) is 3.29. The molecule has 0 fully saturated rings. The normalized spacial score (nSPS) is 11.0. The monoisotopic (exact) mass is 515 g/mol. The van der Waals surface area contributed by atoms with E-state index in [0.717, 1.165) is 31.5 Å². The lowest BCUT2D eigenvalue weighted by Crippen LogP contribution is -2.14. The predicted molar refractivity (Wildman–Crippen MR) is 130 cm³/mol. The number of aryl methyl sites for hydroxylation is 2. The lowest BCUT2D eigenvalue weighted by molar-refractivity contribution is 0.0603. The van der Waals surface area contributed by atoms with Crippen LogP contribution in [0.15, 0.2) is 40.2 Å². The maximum atomic E-state index is 13.1. The molecule has 0 bridgehead atoms. The lowest BCUT2D eigenvalue weighted by atomic mass is 10.0. The number of fused-ring (bicyclic) bond motifs is 1. The molecule has 0 aliphatic rings. The second-order valence-electron chi connectivity index (χ2n) is 6.91. The topological polar surface area (TPSA) is 94.3 Å². The first-order valence-electron chi connectivity index (χ1n) is 9.23. The van der Waals surface area contributed by atoms with Gasteiger partial charge in [0, 0.05) is 26.5 Å². The number of carbonyl (C=O) groups excluding carboxylic acids is 2. The van der Waals surface area contributed by atoms with Crippen LogP contribution < -0.4 is 11.1 Å². The highest BCUT2D eigenvalue weighted by Gasteiger charge is 2.25. The van der Waals surface area contributed by atoms with E-state index in [1.807, 2.05) is 49.6 Å². The number of nitrogen functional groups attached to an aromatic ring is 1. The molecule has 158 valence electrons. The van der Waals surface area contributed by atoms with Crippen molar-refractivity contribution in [3.8, 4) is 11.1 Å². The third-order valence-corrected chi connectivity index (χ3v) is 7.32. The number of rotatable bonds is 4. The number of nitrogens with two attached hydrogens (primary N) is 1. The van der Waals surface area contributed by atoms with Crippen molar-refractivity contribution in [1.82, 2.24) is 4.98 Å².